The minimum atomic E-state index is -0.725. The average molecular weight is 278 g/mol. The molecule has 0 atom stereocenters. The third kappa shape index (κ3) is 2.15. The molecule has 0 fully saturated rings. The molecular weight excluding hydrogens is 260 g/mol. The maximum atomic E-state index is 12.1. The van der Waals surface area contributed by atoms with E-state index in [1.165, 1.54) is 6.20 Å². The van der Waals surface area contributed by atoms with Crippen molar-refractivity contribution in [2.45, 2.75) is 33.2 Å². The first-order chi connectivity index (χ1) is 9.27. The zero-order chi connectivity index (χ0) is 15.1. The number of nitrogens with zero attached hydrogens (tertiary/aromatic N) is 2. The van der Waals surface area contributed by atoms with Crippen molar-refractivity contribution in [3.05, 3.63) is 22.1 Å². The van der Waals surface area contributed by atoms with Gasteiger partial charge in [0.05, 0.1) is 29.4 Å². The number of carbonyl (C=O) groups is 1. The summed E-state index contributed by atoms with van der Waals surface area (Å²) in [6, 6.07) is 0. The van der Waals surface area contributed by atoms with Crippen LogP contribution in [0, 0.1) is 0 Å². The summed E-state index contributed by atoms with van der Waals surface area (Å²) in [5.41, 5.74) is 5.46. The van der Waals surface area contributed by atoms with Crippen LogP contribution in [-0.2, 0) is 10.3 Å². The fraction of sp³-hybridized carbons (Fsp3) is 0.462. The molecule has 0 aliphatic heterocycles. The molecule has 0 saturated heterocycles. The lowest BCUT2D eigenvalue weighted by Crippen LogP contribution is -2.26. The molecule has 0 aliphatic carbocycles. The quantitative estimate of drug-likeness (QED) is 0.804. The molecule has 0 spiro atoms. The first-order valence-corrected chi connectivity index (χ1v) is 6.34. The summed E-state index contributed by atoms with van der Waals surface area (Å²) in [6.45, 7) is 7.70. The van der Waals surface area contributed by atoms with Crippen LogP contribution in [-0.4, -0.2) is 27.3 Å². The summed E-state index contributed by atoms with van der Waals surface area (Å²) >= 11 is 0. The van der Waals surface area contributed by atoms with Crippen LogP contribution in [0.15, 0.2) is 11.0 Å². The predicted molar refractivity (Wildman–Crippen MR) is 75.7 cm³/mol. The molecule has 0 saturated carbocycles. The van der Waals surface area contributed by atoms with Crippen molar-refractivity contribution in [3.63, 3.8) is 0 Å². The van der Waals surface area contributed by atoms with Crippen molar-refractivity contribution < 1.29 is 9.53 Å². The summed E-state index contributed by atoms with van der Waals surface area (Å²) in [4.78, 5) is 26.5. The number of hydrogen-bond donors (Lipinski definition) is 2. The highest BCUT2D eigenvalue weighted by atomic mass is 16.5. The highest BCUT2D eigenvalue weighted by molar-refractivity contribution is 6.03. The number of carbonyl (C=O) groups excluding carboxylic acids is 1. The van der Waals surface area contributed by atoms with Gasteiger partial charge in [-0.3, -0.25) is 4.79 Å². The van der Waals surface area contributed by atoms with E-state index < -0.39 is 11.5 Å². The Kier molecular flexibility index (Phi) is 3.29. The molecule has 0 bridgehead atoms. The molecule has 2 heterocycles. The number of ether oxygens (including phenoxy) is 1. The van der Waals surface area contributed by atoms with E-state index in [2.05, 4.69) is 10.1 Å². The summed E-state index contributed by atoms with van der Waals surface area (Å²) in [5, 5.41) is 4.76. The van der Waals surface area contributed by atoms with Gasteiger partial charge in [-0.15, -0.1) is 0 Å². The highest BCUT2D eigenvalue weighted by Crippen LogP contribution is 2.25. The van der Waals surface area contributed by atoms with E-state index in [0.717, 1.165) is 0 Å². The van der Waals surface area contributed by atoms with Crippen LogP contribution >= 0.6 is 0 Å². The summed E-state index contributed by atoms with van der Waals surface area (Å²) in [5.74, 6) is -0.725. The zero-order valence-electron chi connectivity index (χ0n) is 12.0. The standard InChI is InChI=1S/C13H18N4O3/c1-5-20-12(19)8-9(14)7-6-15-17(13(2,3)4)10(7)16-11(8)18/h6H,5H2,1-4H3,(H3,14,16,18). The number of aromatic nitrogens is 3. The molecule has 0 unspecified atom stereocenters. The third-order valence-corrected chi connectivity index (χ3v) is 2.90. The molecule has 7 nitrogen and oxygen atoms in total. The maximum absolute atomic E-state index is 12.1. The Hall–Kier alpha value is -2.31. The van der Waals surface area contributed by atoms with Gasteiger partial charge in [0.1, 0.15) is 11.2 Å². The lowest BCUT2D eigenvalue weighted by Gasteiger charge is -2.20. The van der Waals surface area contributed by atoms with Crippen molar-refractivity contribution in [2.75, 3.05) is 12.3 Å². The number of nitrogens with two attached hydrogens (primary N) is 1. The van der Waals surface area contributed by atoms with Crippen molar-refractivity contribution in [2.24, 2.45) is 0 Å². The molecule has 0 aromatic carbocycles. The van der Waals surface area contributed by atoms with Crippen LogP contribution in [0.5, 0.6) is 0 Å². The number of H-pyrrole nitrogens is 1. The maximum Gasteiger partial charge on any atom is 0.345 e. The molecule has 3 N–H and O–H groups in total. The van der Waals surface area contributed by atoms with Crippen LogP contribution in [0.1, 0.15) is 38.1 Å². The lowest BCUT2D eigenvalue weighted by molar-refractivity contribution is 0.0526. The van der Waals surface area contributed by atoms with E-state index in [-0.39, 0.29) is 23.4 Å². The van der Waals surface area contributed by atoms with Gasteiger partial charge >= 0.3 is 5.97 Å². The van der Waals surface area contributed by atoms with Crippen LogP contribution in [0.3, 0.4) is 0 Å². The zero-order valence-corrected chi connectivity index (χ0v) is 12.0. The Balaban J connectivity index is 2.74. The van der Waals surface area contributed by atoms with E-state index in [1.807, 2.05) is 20.8 Å². The topological polar surface area (TPSA) is 103 Å². The number of hydrogen-bond acceptors (Lipinski definition) is 5. The molecule has 0 aliphatic rings. The Morgan fingerprint density at radius 3 is 2.70 bits per heavy atom. The lowest BCUT2D eigenvalue weighted by atomic mass is 10.1. The van der Waals surface area contributed by atoms with Gasteiger partial charge < -0.3 is 15.5 Å². The molecular formula is C13H18N4O3. The van der Waals surface area contributed by atoms with E-state index in [0.29, 0.717) is 11.0 Å². The van der Waals surface area contributed by atoms with Crippen LogP contribution in [0.25, 0.3) is 11.0 Å². The Labute approximate surface area is 115 Å². The number of anilines is 1. The van der Waals surface area contributed by atoms with E-state index >= 15 is 0 Å². The van der Waals surface area contributed by atoms with Crippen molar-refractivity contribution in [1.82, 2.24) is 14.8 Å². The third-order valence-electron chi connectivity index (χ3n) is 2.90. The Morgan fingerprint density at radius 1 is 1.50 bits per heavy atom. The van der Waals surface area contributed by atoms with Crippen LogP contribution in [0.4, 0.5) is 5.69 Å². The fourth-order valence-corrected chi connectivity index (χ4v) is 2.01. The SMILES string of the molecule is CCOC(=O)c1c(N)c2cnn(C(C)(C)C)c2[nH]c1=O. The molecule has 0 amide bonds. The van der Waals surface area contributed by atoms with Crippen molar-refractivity contribution >= 4 is 22.7 Å². The predicted octanol–water partition coefficient (Wildman–Crippen LogP) is 1.24. The first kappa shape index (κ1) is 14.1. The van der Waals surface area contributed by atoms with Gasteiger partial charge in [0, 0.05) is 0 Å². The number of pyridine rings is 1. The van der Waals surface area contributed by atoms with Crippen molar-refractivity contribution in [3.8, 4) is 0 Å². The van der Waals surface area contributed by atoms with E-state index in [9.17, 15) is 9.59 Å². The monoisotopic (exact) mass is 278 g/mol. The number of rotatable bonds is 2. The number of nitrogens with one attached hydrogen (secondary N) is 1. The molecule has 0 radical (unpaired) electrons. The van der Waals surface area contributed by atoms with Crippen molar-refractivity contribution in [1.29, 1.82) is 0 Å². The molecule has 108 valence electrons. The van der Waals surface area contributed by atoms with Gasteiger partial charge in [0.15, 0.2) is 0 Å². The minimum absolute atomic E-state index is 0.0951. The van der Waals surface area contributed by atoms with Gasteiger partial charge in [0.2, 0.25) is 0 Å². The summed E-state index contributed by atoms with van der Waals surface area (Å²) in [6.07, 6.45) is 1.54. The second-order valence-electron chi connectivity index (χ2n) is 5.45. The minimum Gasteiger partial charge on any atom is -0.462 e. The van der Waals surface area contributed by atoms with Crippen LogP contribution < -0.4 is 11.3 Å². The average Bonchev–Trinajstić information content (AvgIpc) is 2.72. The highest BCUT2D eigenvalue weighted by Gasteiger charge is 2.23. The normalized spacial score (nSPS) is 11.8. The first-order valence-electron chi connectivity index (χ1n) is 6.34. The number of nitrogen functional groups attached to an aromatic ring is 1. The van der Waals surface area contributed by atoms with Gasteiger partial charge in [-0.05, 0) is 27.7 Å². The molecule has 2 aromatic rings. The Morgan fingerprint density at radius 2 is 2.15 bits per heavy atom. The van der Waals surface area contributed by atoms with Crippen LogP contribution in [0.2, 0.25) is 0 Å². The summed E-state index contributed by atoms with van der Waals surface area (Å²) < 4.78 is 6.51. The van der Waals surface area contributed by atoms with Gasteiger partial charge in [0.25, 0.3) is 5.56 Å². The number of esters is 1. The molecule has 2 aromatic heterocycles. The van der Waals surface area contributed by atoms with Gasteiger partial charge in [-0.1, -0.05) is 0 Å². The molecule has 2 rings (SSSR count). The second kappa shape index (κ2) is 4.66. The summed E-state index contributed by atoms with van der Waals surface area (Å²) in [7, 11) is 0. The number of aromatic amines is 1. The smallest absolute Gasteiger partial charge is 0.345 e. The number of fused-ring (bicyclic) bond motifs is 1. The Bertz CT molecular complexity index is 722. The largest absolute Gasteiger partial charge is 0.462 e. The van der Waals surface area contributed by atoms with E-state index in [4.69, 9.17) is 10.5 Å². The van der Waals surface area contributed by atoms with E-state index in [1.54, 1.807) is 11.6 Å². The van der Waals surface area contributed by atoms with Gasteiger partial charge in [-0.25, -0.2) is 9.48 Å². The van der Waals surface area contributed by atoms with Gasteiger partial charge in [-0.2, -0.15) is 5.10 Å². The fourth-order valence-electron chi connectivity index (χ4n) is 2.01. The molecule has 20 heavy (non-hydrogen) atoms. The second-order valence-corrected chi connectivity index (χ2v) is 5.45. The molecule has 7 heteroatoms.